The zero-order valence-corrected chi connectivity index (χ0v) is 19.2. The van der Waals surface area contributed by atoms with Crippen molar-refractivity contribution in [2.75, 3.05) is 11.5 Å². The Bertz CT molecular complexity index is 1690. The van der Waals surface area contributed by atoms with Crippen molar-refractivity contribution in [3.63, 3.8) is 0 Å². The standard InChI is InChI=1S/C26H17N3O5S/c1-2-33-25(32)14-9-10-17-19(12-14)35-26(28-17)29-21(15-6-5-11-27-13-15)20-22(30)16-7-3-4-8-18(16)34-23(20)24(29)31/h3-13,21H,2H2,1H3/t21-/m0/s1. The second-order valence-electron chi connectivity index (χ2n) is 7.93. The first-order chi connectivity index (χ1) is 17.1. The number of hydrogen-bond acceptors (Lipinski definition) is 8. The fraction of sp³-hybridized carbons (Fsp3) is 0.115. The highest BCUT2D eigenvalue weighted by molar-refractivity contribution is 7.22. The summed E-state index contributed by atoms with van der Waals surface area (Å²) in [6, 6.07) is 14.7. The maximum absolute atomic E-state index is 13.7. The molecule has 1 aliphatic rings. The summed E-state index contributed by atoms with van der Waals surface area (Å²) in [6.07, 6.45) is 3.25. The normalized spacial score (nSPS) is 15.1. The van der Waals surface area contributed by atoms with Crippen molar-refractivity contribution in [2.24, 2.45) is 0 Å². The van der Waals surface area contributed by atoms with Gasteiger partial charge in [0, 0.05) is 12.4 Å². The summed E-state index contributed by atoms with van der Waals surface area (Å²) in [6.45, 7) is 2.02. The fourth-order valence-corrected chi connectivity index (χ4v) is 5.36. The molecular formula is C26H17N3O5S. The van der Waals surface area contributed by atoms with E-state index in [2.05, 4.69) is 9.97 Å². The molecule has 172 valence electrons. The number of rotatable bonds is 4. The van der Waals surface area contributed by atoms with Gasteiger partial charge in [-0.2, -0.15) is 0 Å². The number of ether oxygens (including phenoxy) is 1. The van der Waals surface area contributed by atoms with Gasteiger partial charge in [0.1, 0.15) is 5.58 Å². The second-order valence-corrected chi connectivity index (χ2v) is 8.94. The van der Waals surface area contributed by atoms with Crippen LogP contribution >= 0.6 is 11.3 Å². The Balaban J connectivity index is 1.55. The molecule has 8 nitrogen and oxygen atoms in total. The average molecular weight is 484 g/mol. The lowest BCUT2D eigenvalue weighted by atomic mass is 10.0. The van der Waals surface area contributed by atoms with E-state index in [0.29, 0.717) is 37.4 Å². The number of carbonyl (C=O) groups excluding carboxylic acids is 2. The summed E-state index contributed by atoms with van der Waals surface area (Å²) in [7, 11) is 0. The Kier molecular flexibility index (Phi) is 4.93. The van der Waals surface area contributed by atoms with E-state index in [1.807, 2.05) is 6.07 Å². The number of thiazole rings is 1. The summed E-state index contributed by atoms with van der Waals surface area (Å²) >= 11 is 1.25. The van der Waals surface area contributed by atoms with E-state index in [-0.39, 0.29) is 23.4 Å². The third-order valence-corrected chi connectivity index (χ3v) is 6.89. The van der Waals surface area contributed by atoms with Gasteiger partial charge in [0.2, 0.25) is 5.76 Å². The Morgan fingerprint density at radius 3 is 2.80 bits per heavy atom. The summed E-state index contributed by atoms with van der Waals surface area (Å²) in [5.74, 6) is -0.890. The molecule has 0 fully saturated rings. The molecule has 1 aliphatic heterocycles. The maximum atomic E-state index is 13.7. The predicted molar refractivity (Wildman–Crippen MR) is 131 cm³/mol. The zero-order valence-electron chi connectivity index (χ0n) is 18.4. The van der Waals surface area contributed by atoms with Crippen molar-refractivity contribution < 1.29 is 18.7 Å². The molecule has 0 saturated carbocycles. The highest BCUT2D eigenvalue weighted by atomic mass is 32.1. The van der Waals surface area contributed by atoms with E-state index >= 15 is 0 Å². The smallest absolute Gasteiger partial charge is 0.338 e. The molecule has 0 spiro atoms. The molecule has 6 rings (SSSR count). The highest BCUT2D eigenvalue weighted by Crippen LogP contribution is 2.43. The number of hydrogen-bond donors (Lipinski definition) is 0. The van der Waals surface area contributed by atoms with Gasteiger partial charge in [-0.15, -0.1) is 0 Å². The van der Waals surface area contributed by atoms with Crippen molar-refractivity contribution >= 4 is 49.5 Å². The van der Waals surface area contributed by atoms with Gasteiger partial charge in [0.05, 0.1) is 39.4 Å². The molecule has 0 saturated heterocycles. The van der Waals surface area contributed by atoms with Gasteiger partial charge in [0.25, 0.3) is 5.91 Å². The molecule has 9 heteroatoms. The SMILES string of the molecule is CCOC(=O)c1ccc2nc(N3C(=O)c4oc5ccccc5c(=O)c4[C@@H]3c3cccnc3)sc2c1. The average Bonchev–Trinajstić information content (AvgIpc) is 3.43. The summed E-state index contributed by atoms with van der Waals surface area (Å²) < 4.78 is 11.8. The molecule has 5 aromatic rings. The topological polar surface area (TPSA) is 103 Å². The molecule has 35 heavy (non-hydrogen) atoms. The number of esters is 1. The van der Waals surface area contributed by atoms with Crippen LogP contribution in [0, 0.1) is 0 Å². The highest BCUT2D eigenvalue weighted by Gasteiger charge is 2.45. The molecule has 0 radical (unpaired) electrons. The lowest BCUT2D eigenvalue weighted by molar-refractivity contribution is 0.0526. The van der Waals surface area contributed by atoms with Crippen LogP contribution in [0.15, 0.2) is 76.2 Å². The van der Waals surface area contributed by atoms with E-state index in [4.69, 9.17) is 9.15 Å². The molecule has 1 atom stereocenters. The largest absolute Gasteiger partial charge is 0.462 e. The maximum Gasteiger partial charge on any atom is 0.338 e. The minimum atomic E-state index is -0.753. The predicted octanol–water partition coefficient (Wildman–Crippen LogP) is 4.72. The van der Waals surface area contributed by atoms with Gasteiger partial charge < -0.3 is 9.15 Å². The first-order valence-electron chi connectivity index (χ1n) is 10.9. The number of aromatic nitrogens is 2. The third-order valence-electron chi connectivity index (χ3n) is 5.87. The first kappa shape index (κ1) is 21.2. The van der Waals surface area contributed by atoms with E-state index < -0.39 is 17.9 Å². The van der Waals surface area contributed by atoms with Crippen LogP contribution in [0.5, 0.6) is 0 Å². The molecule has 0 bridgehead atoms. The molecule has 4 heterocycles. The molecule has 0 N–H and O–H groups in total. The molecule has 3 aromatic heterocycles. The number of fused-ring (bicyclic) bond motifs is 3. The summed E-state index contributed by atoms with van der Waals surface area (Å²) in [5.41, 5.74) is 2.02. The first-order valence-corrected chi connectivity index (χ1v) is 11.8. The van der Waals surface area contributed by atoms with Gasteiger partial charge in [-0.1, -0.05) is 29.5 Å². The van der Waals surface area contributed by atoms with Crippen LogP contribution in [0.4, 0.5) is 5.13 Å². The fourth-order valence-electron chi connectivity index (χ4n) is 4.33. The van der Waals surface area contributed by atoms with Crippen LogP contribution in [0.3, 0.4) is 0 Å². The van der Waals surface area contributed by atoms with Gasteiger partial charge in [0.15, 0.2) is 10.6 Å². The van der Waals surface area contributed by atoms with Crippen molar-refractivity contribution in [1.82, 2.24) is 9.97 Å². The quantitative estimate of drug-likeness (QED) is 0.341. The van der Waals surface area contributed by atoms with Crippen molar-refractivity contribution in [3.8, 4) is 0 Å². The van der Waals surface area contributed by atoms with Crippen molar-refractivity contribution in [2.45, 2.75) is 13.0 Å². The number of pyridine rings is 1. The Labute approximate surface area is 202 Å². The lowest BCUT2D eigenvalue weighted by Crippen LogP contribution is -2.29. The zero-order chi connectivity index (χ0) is 24.1. The van der Waals surface area contributed by atoms with E-state index in [1.165, 1.54) is 16.2 Å². The minimum Gasteiger partial charge on any atom is -0.462 e. The van der Waals surface area contributed by atoms with Crippen LogP contribution in [0.25, 0.3) is 21.2 Å². The summed E-state index contributed by atoms with van der Waals surface area (Å²) in [4.78, 5) is 49.7. The molecule has 0 unspecified atom stereocenters. The molecule has 2 aromatic carbocycles. The van der Waals surface area contributed by atoms with Crippen LogP contribution < -0.4 is 10.3 Å². The van der Waals surface area contributed by atoms with Crippen LogP contribution in [-0.2, 0) is 4.74 Å². The summed E-state index contributed by atoms with van der Waals surface area (Å²) in [5, 5.41) is 0.785. The lowest BCUT2D eigenvalue weighted by Gasteiger charge is -2.22. The Hall–Kier alpha value is -4.37. The number of nitrogens with zero attached hydrogens (tertiary/aromatic N) is 3. The third kappa shape index (κ3) is 3.31. The number of para-hydroxylation sites is 1. The second kappa shape index (κ2) is 8.14. The van der Waals surface area contributed by atoms with Gasteiger partial charge in [-0.05, 0) is 48.9 Å². The van der Waals surface area contributed by atoms with Crippen molar-refractivity contribution in [3.05, 3.63) is 99.7 Å². The van der Waals surface area contributed by atoms with E-state index in [1.54, 1.807) is 67.8 Å². The van der Waals surface area contributed by atoms with Gasteiger partial charge >= 0.3 is 5.97 Å². The van der Waals surface area contributed by atoms with Gasteiger partial charge in [-0.3, -0.25) is 19.5 Å². The Morgan fingerprint density at radius 2 is 2.00 bits per heavy atom. The number of amides is 1. The molecule has 1 amide bonds. The van der Waals surface area contributed by atoms with E-state index in [9.17, 15) is 14.4 Å². The number of benzene rings is 2. The van der Waals surface area contributed by atoms with Crippen molar-refractivity contribution in [1.29, 1.82) is 0 Å². The van der Waals surface area contributed by atoms with Gasteiger partial charge in [-0.25, -0.2) is 9.78 Å². The number of anilines is 1. The van der Waals surface area contributed by atoms with Crippen LogP contribution in [-0.4, -0.2) is 28.5 Å². The number of carbonyl (C=O) groups is 2. The van der Waals surface area contributed by atoms with Crippen LogP contribution in [0.2, 0.25) is 0 Å². The van der Waals surface area contributed by atoms with E-state index in [0.717, 1.165) is 0 Å². The van der Waals surface area contributed by atoms with Crippen LogP contribution in [0.1, 0.15) is 45.0 Å². The Morgan fingerprint density at radius 1 is 1.14 bits per heavy atom. The minimum absolute atomic E-state index is 0.00554. The monoisotopic (exact) mass is 483 g/mol. The molecule has 0 aliphatic carbocycles. The molecular weight excluding hydrogens is 466 g/mol.